The van der Waals surface area contributed by atoms with Gasteiger partial charge in [-0.05, 0) is 101 Å². The summed E-state index contributed by atoms with van der Waals surface area (Å²) in [6, 6.07) is -1.05. The third-order valence-corrected chi connectivity index (χ3v) is 12.7. The molecule has 0 spiro atoms. The van der Waals surface area contributed by atoms with Gasteiger partial charge in [-0.2, -0.15) is 0 Å². The molecule has 0 aromatic carbocycles. The Morgan fingerprint density at radius 3 is 2.27 bits per heavy atom. The molecule has 4 rings (SSSR count). The predicted molar refractivity (Wildman–Crippen MR) is 210 cm³/mol. The molecule has 0 aromatic heterocycles. The van der Waals surface area contributed by atoms with Crippen molar-refractivity contribution in [2.24, 2.45) is 29.6 Å². The van der Waals surface area contributed by atoms with Crippen LogP contribution in [-0.4, -0.2) is 109 Å². The van der Waals surface area contributed by atoms with Crippen molar-refractivity contribution in [2.45, 2.75) is 167 Å². The second-order valence-electron chi connectivity index (χ2n) is 17.2. The molecule has 3 heterocycles. The van der Waals surface area contributed by atoms with Gasteiger partial charge < -0.3 is 33.7 Å². The van der Waals surface area contributed by atoms with Gasteiger partial charge in [-0.3, -0.25) is 19.2 Å². The van der Waals surface area contributed by atoms with Crippen LogP contribution in [0.15, 0.2) is 23.3 Å². The van der Waals surface area contributed by atoms with Crippen LogP contribution in [0, 0.1) is 29.6 Å². The second kappa shape index (κ2) is 20.8. The Morgan fingerprint density at radius 2 is 1.61 bits per heavy atom. The van der Waals surface area contributed by atoms with E-state index in [4.69, 9.17) is 23.7 Å². The fourth-order valence-corrected chi connectivity index (χ4v) is 9.45. The number of fused-ring (bicyclic) bond motifs is 3. The Kier molecular flexibility index (Phi) is 17.0. The van der Waals surface area contributed by atoms with Crippen molar-refractivity contribution in [3.63, 3.8) is 0 Å². The maximum absolute atomic E-state index is 14.3. The van der Waals surface area contributed by atoms with Crippen LogP contribution in [-0.2, 0) is 47.7 Å². The average molecular weight is 788 g/mol. The van der Waals surface area contributed by atoms with Crippen molar-refractivity contribution in [2.75, 3.05) is 27.9 Å². The molecule has 0 aromatic rings. The van der Waals surface area contributed by atoms with Gasteiger partial charge in [0, 0.05) is 52.6 Å². The molecule has 1 saturated carbocycles. The highest BCUT2D eigenvalue weighted by Gasteiger charge is 2.56. The van der Waals surface area contributed by atoms with Crippen LogP contribution in [0.2, 0.25) is 0 Å². The zero-order valence-corrected chi connectivity index (χ0v) is 35.4. The molecule has 316 valence electrons. The average Bonchev–Trinajstić information content (AvgIpc) is 3.18. The van der Waals surface area contributed by atoms with Gasteiger partial charge in [-0.25, -0.2) is 4.79 Å². The number of Topliss-reactive ketones (excluding diaryl/α,β-unsaturated/α-hetero) is 3. The number of hydrogen-bond donors (Lipinski definition) is 1. The Hall–Kier alpha value is -2.77. The van der Waals surface area contributed by atoms with Gasteiger partial charge in [-0.1, -0.05) is 51.8 Å². The van der Waals surface area contributed by atoms with Crippen LogP contribution >= 0.6 is 0 Å². The summed E-state index contributed by atoms with van der Waals surface area (Å²) in [5.41, 5.74) is 1.88. The molecule has 1 N–H and O–H groups in total. The van der Waals surface area contributed by atoms with Gasteiger partial charge in [-0.15, -0.1) is 0 Å². The summed E-state index contributed by atoms with van der Waals surface area (Å²) < 4.78 is 29.8. The van der Waals surface area contributed by atoms with E-state index in [1.165, 1.54) is 12.0 Å². The number of esters is 1. The van der Waals surface area contributed by atoms with Crippen LogP contribution in [0.3, 0.4) is 0 Å². The number of amides is 1. The summed E-state index contributed by atoms with van der Waals surface area (Å²) in [7, 11) is 4.64. The van der Waals surface area contributed by atoms with E-state index in [-0.39, 0.29) is 54.6 Å². The number of ketones is 3. The van der Waals surface area contributed by atoms with Crippen molar-refractivity contribution in [3.8, 4) is 0 Å². The Morgan fingerprint density at radius 1 is 0.929 bits per heavy atom. The molecular formula is C44H69NO11. The highest BCUT2D eigenvalue weighted by molar-refractivity contribution is 6.39. The van der Waals surface area contributed by atoms with E-state index in [2.05, 4.69) is 26.0 Å². The summed E-state index contributed by atoms with van der Waals surface area (Å²) in [5, 5.41) is 12.0. The number of cyclic esters (lactones) is 1. The summed E-state index contributed by atoms with van der Waals surface area (Å²) in [6.07, 6.45) is 7.86. The number of carbonyl (C=O) groups is 5. The van der Waals surface area contributed by atoms with Crippen LogP contribution < -0.4 is 0 Å². The molecule has 12 atom stereocenters. The maximum Gasteiger partial charge on any atom is 0.329 e. The fraction of sp³-hybridized carbons (Fsp3) is 0.795. The van der Waals surface area contributed by atoms with E-state index in [0.717, 1.165) is 24.0 Å². The van der Waals surface area contributed by atoms with E-state index >= 15 is 0 Å². The van der Waals surface area contributed by atoms with E-state index in [1.807, 2.05) is 20.8 Å². The van der Waals surface area contributed by atoms with Crippen molar-refractivity contribution in [1.29, 1.82) is 0 Å². The molecule has 2 bridgehead atoms. The van der Waals surface area contributed by atoms with Crippen molar-refractivity contribution in [1.82, 2.24) is 4.90 Å². The van der Waals surface area contributed by atoms with Gasteiger partial charge in [0.25, 0.3) is 11.7 Å². The molecule has 4 aliphatic rings. The lowest BCUT2D eigenvalue weighted by atomic mass is 9.82. The SMILES string of the molecule is CCCC1C=C(C)CC(C)CC(OC)C2OC(O)(C(=O)C(=O)N3CCCCC3C(=O)OC(C(C)=CC3CCC(=O)C(OC)C3)C(C)CCC1=O)C(C)CC2OC. The third-order valence-electron chi connectivity index (χ3n) is 12.7. The zero-order chi connectivity index (χ0) is 41.3. The van der Waals surface area contributed by atoms with E-state index < -0.39 is 65.9 Å². The second-order valence-corrected chi connectivity index (χ2v) is 17.2. The van der Waals surface area contributed by atoms with Crippen molar-refractivity contribution in [3.05, 3.63) is 23.3 Å². The summed E-state index contributed by atoms with van der Waals surface area (Å²) in [4.78, 5) is 70.2. The van der Waals surface area contributed by atoms with E-state index in [1.54, 1.807) is 21.1 Å². The molecule has 1 aliphatic carbocycles. The van der Waals surface area contributed by atoms with Gasteiger partial charge in [0.1, 0.15) is 30.1 Å². The summed E-state index contributed by atoms with van der Waals surface area (Å²) in [5.74, 6) is -6.20. The molecular weight excluding hydrogens is 718 g/mol. The van der Waals surface area contributed by atoms with Crippen LogP contribution in [0.4, 0.5) is 0 Å². The minimum Gasteiger partial charge on any atom is -0.456 e. The van der Waals surface area contributed by atoms with Crippen molar-refractivity contribution < 1.29 is 52.8 Å². The largest absolute Gasteiger partial charge is 0.456 e. The smallest absolute Gasteiger partial charge is 0.329 e. The normalized spacial score (nSPS) is 38.0. The fourth-order valence-electron chi connectivity index (χ4n) is 9.45. The summed E-state index contributed by atoms with van der Waals surface area (Å²) in [6.45, 7) is 11.9. The molecule has 12 nitrogen and oxygen atoms in total. The molecule has 56 heavy (non-hydrogen) atoms. The van der Waals surface area contributed by atoms with Gasteiger partial charge in [0.05, 0.1) is 12.2 Å². The topological polar surface area (TPSA) is 155 Å². The van der Waals surface area contributed by atoms with Gasteiger partial charge >= 0.3 is 5.97 Å². The zero-order valence-electron chi connectivity index (χ0n) is 35.4. The van der Waals surface area contributed by atoms with Crippen molar-refractivity contribution >= 4 is 29.2 Å². The lowest BCUT2D eigenvalue weighted by Crippen LogP contribution is -2.64. The molecule has 1 amide bonds. The quantitative estimate of drug-likeness (QED) is 0.181. The first-order chi connectivity index (χ1) is 26.6. The van der Waals surface area contributed by atoms with Crippen LogP contribution in [0.1, 0.15) is 125 Å². The number of hydrogen-bond acceptors (Lipinski definition) is 11. The maximum atomic E-state index is 14.3. The van der Waals surface area contributed by atoms with Gasteiger partial charge in [0.2, 0.25) is 5.79 Å². The first kappa shape index (κ1) is 45.9. The molecule has 2 saturated heterocycles. The van der Waals surface area contributed by atoms with E-state index in [0.29, 0.717) is 57.8 Å². The number of rotatable bonds is 7. The number of aliphatic hydroxyl groups is 1. The number of allylic oxidation sites excluding steroid dienone is 3. The number of piperidine rings is 1. The lowest BCUT2D eigenvalue weighted by Gasteiger charge is -2.47. The third kappa shape index (κ3) is 11.0. The van der Waals surface area contributed by atoms with Crippen LogP contribution in [0.25, 0.3) is 0 Å². The molecule has 0 radical (unpaired) electrons. The standard InChI is InChI=1S/C44H69NO11/c1-10-13-32-21-26(2)20-27(3)22-37(53-8)40-38(54-9)24-30(6)44(51,56-40)41(48)42(49)45-19-12-11-14-33(45)43(50)55-39(28(4)15-17-34(32)46)29(5)23-31-16-18-35(47)36(25-31)52-7/h21,23,27-28,30-33,36-40,51H,10-20,22,24-25H2,1-9H3. The summed E-state index contributed by atoms with van der Waals surface area (Å²) >= 11 is 0. The first-order valence-corrected chi connectivity index (χ1v) is 21.0. The Labute approximate surface area is 334 Å². The highest BCUT2D eigenvalue weighted by atomic mass is 16.7. The number of nitrogens with zero attached hydrogens (tertiary/aromatic N) is 1. The molecule has 3 aliphatic heterocycles. The number of carbonyl (C=O) groups excluding carboxylic acids is 5. The molecule has 3 fully saturated rings. The lowest BCUT2D eigenvalue weighted by molar-refractivity contribution is -0.302. The Bertz CT molecular complexity index is 1460. The minimum atomic E-state index is -2.47. The molecule has 12 unspecified atom stereocenters. The molecule has 12 heteroatoms. The number of methoxy groups -OCH3 is 3. The monoisotopic (exact) mass is 787 g/mol. The Balaban J connectivity index is 1.75. The number of ether oxygens (including phenoxy) is 5. The first-order valence-electron chi connectivity index (χ1n) is 21.0. The van der Waals surface area contributed by atoms with Gasteiger partial charge in [0.15, 0.2) is 5.78 Å². The van der Waals surface area contributed by atoms with Crippen LogP contribution in [0.5, 0.6) is 0 Å². The minimum absolute atomic E-state index is 0.0302. The van der Waals surface area contributed by atoms with E-state index in [9.17, 15) is 29.1 Å². The predicted octanol–water partition coefficient (Wildman–Crippen LogP) is 6.10. The highest BCUT2D eigenvalue weighted by Crippen LogP contribution is 2.39.